The Balaban J connectivity index is 0.00000480. The van der Waals surface area contributed by atoms with Gasteiger partial charge in [0.1, 0.15) is 0 Å². The van der Waals surface area contributed by atoms with Crippen LogP contribution in [0.15, 0.2) is 10.4 Å². The zero-order valence-corrected chi connectivity index (χ0v) is 23.2. The molecule has 0 aliphatic carbocycles. The number of carbonyl (C=O) groups excluding carboxylic acids is 1. The number of amides is 1. The number of carbonyl (C=O) groups is 1. The van der Waals surface area contributed by atoms with Crippen molar-refractivity contribution >= 4 is 47.2 Å². The van der Waals surface area contributed by atoms with Crippen LogP contribution in [0.5, 0.6) is 0 Å². The van der Waals surface area contributed by atoms with E-state index in [0.717, 1.165) is 57.9 Å². The van der Waals surface area contributed by atoms with Crippen molar-refractivity contribution in [3.63, 3.8) is 0 Å². The minimum atomic E-state index is -0.224. The van der Waals surface area contributed by atoms with E-state index in [1.165, 1.54) is 10.7 Å². The van der Waals surface area contributed by atoms with E-state index in [1.807, 2.05) is 32.7 Å². The van der Waals surface area contributed by atoms with Gasteiger partial charge in [0, 0.05) is 37.6 Å². The van der Waals surface area contributed by atoms with Gasteiger partial charge >= 0.3 is 0 Å². The van der Waals surface area contributed by atoms with Crippen molar-refractivity contribution in [3.8, 4) is 0 Å². The van der Waals surface area contributed by atoms with E-state index < -0.39 is 0 Å². The molecule has 2 heterocycles. The van der Waals surface area contributed by atoms with Crippen molar-refractivity contribution in [2.45, 2.75) is 66.0 Å². The Morgan fingerprint density at radius 3 is 2.55 bits per heavy atom. The van der Waals surface area contributed by atoms with Crippen molar-refractivity contribution in [2.24, 2.45) is 10.9 Å². The molecule has 2 N–H and O–H groups in total. The van der Waals surface area contributed by atoms with E-state index in [1.54, 1.807) is 11.3 Å². The van der Waals surface area contributed by atoms with Crippen molar-refractivity contribution in [3.05, 3.63) is 16.1 Å². The average molecular weight is 565 g/mol. The Morgan fingerprint density at radius 1 is 1.32 bits per heavy atom. The lowest BCUT2D eigenvalue weighted by atomic mass is 9.97. The van der Waals surface area contributed by atoms with Gasteiger partial charge in [-0.05, 0) is 66.0 Å². The number of aromatic nitrogens is 1. The molecule has 0 unspecified atom stereocenters. The molecule has 178 valence electrons. The van der Waals surface area contributed by atoms with E-state index in [2.05, 4.69) is 34.8 Å². The standard InChI is InChI=1S/C22H40N6OS.HI/c1-7-20-25-18(16-30-20)14-28-11-9-17(10-12-28)13-24-21(23-8-2)27(6)15-19(29)26-22(3,4)5;/h16-17H,7-15H2,1-6H3,(H,23,24)(H,26,29);1H. The molecule has 1 saturated heterocycles. The predicted octanol–water partition coefficient (Wildman–Crippen LogP) is 3.35. The van der Waals surface area contributed by atoms with Crippen LogP contribution in [0.1, 0.15) is 58.2 Å². The van der Waals surface area contributed by atoms with Gasteiger partial charge in [0.15, 0.2) is 5.96 Å². The van der Waals surface area contributed by atoms with Crippen LogP contribution in [-0.4, -0.2) is 72.0 Å². The normalized spacial score (nSPS) is 16.0. The second-order valence-electron chi connectivity index (χ2n) is 9.15. The van der Waals surface area contributed by atoms with Crippen LogP contribution in [0.25, 0.3) is 0 Å². The van der Waals surface area contributed by atoms with Gasteiger partial charge in [0.2, 0.25) is 5.91 Å². The number of halogens is 1. The molecule has 1 fully saturated rings. The predicted molar refractivity (Wildman–Crippen MR) is 141 cm³/mol. The fraction of sp³-hybridized carbons (Fsp3) is 0.773. The largest absolute Gasteiger partial charge is 0.357 e. The molecule has 0 bridgehead atoms. The summed E-state index contributed by atoms with van der Waals surface area (Å²) >= 11 is 1.77. The molecule has 0 spiro atoms. The van der Waals surface area contributed by atoms with Gasteiger partial charge in [-0.15, -0.1) is 35.3 Å². The van der Waals surface area contributed by atoms with Gasteiger partial charge in [0.25, 0.3) is 0 Å². The lowest BCUT2D eigenvalue weighted by Gasteiger charge is -2.31. The number of piperidine rings is 1. The van der Waals surface area contributed by atoms with Crippen LogP contribution in [0.4, 0.5) is 0 Å². The smallest absolute Gasteiger partial charge is 0.240 e. The van der Waals surface area contributed by atoms with Gasteiger partial charge in [-0.3, -0.25) is 14.7 Å². The van der Waals surface area contributed by atoms with Crippen LogP contribution in [0, 0.1) is 5.92 Å². The zero-order chi connectivity index (χ0) is 22.1. The van der Waals surface area contributed by atoms with E-state index in [4.69, 9.17) is 9.98 Å². The number of likely N-dealkylation sites (tertiary alicyclic amines) is 1. The third-order valence-electron chi connectivity index (χ3n) is 5.09. The highest BCUT2D eigenvalue weighted by molar-refractivity contribution is 14.0. The van der Waals surface area contributed by atoms with Gasteiger partial charge in [-0.1, -0.05) is 6.92 Å². The molecular weight excluding hydrogens is 523 g/mol. The Bertz CT molecular complexity index is 694. The summed E-state index contributed by atoms with van der Waals surface area (Å²) in [4.78, 5) is 26.2. The summed E-state index contributed by atoms with van der Waals surface area (Å²) < 4.78 is 0. The van der Waals surface area contributed by atoms with Gasteiger partial charge < -0.3 is 15.5 Å². The van der Waals surface area contributed by atoms with Crippen LogP contribution < -0.4 is 10.6 Å². The van der Waals surface area contributed by atoms with Crippen LogP contribution in [0.2, 0.25) is 0 Å². The second-order valence-corrected chi connectivity index (χ2v) is 10.1. The highest BCUT2D eigenvalue weighted by atomic mass is 127. The maximum Gasteiger partial charge on any atom is 0.240 e. The number of hydrogen-bond acceptors (Lipinski definition) is 5. The summed E-state index contributed by atoms with van der Waals surface area (Å²) in [6, 6.07) is 0. The first-order valence-corrected chi connectivity index (χ1v) is 12.0. The fourth-order valence-electron chi connectivity index (χ4n) is 3.57. The highest BCUT2D eigenvalue weighted by Crippen LogP contribution is 2.20. The van der Waals surface area contributed by atoms with Gasteiger partial charge in [-0.2, -0.15) is 0 Å². The number of guanidine groups is 1. The highest BCUT2D eigenvalue weighted by Gasteiger charge is 2.21. The number of aryl methyl sites for hydroxylation is 1. The van der Waals surface area contributed by atoms with E-state index in [9.17, 15) is 4.79 Å². The second kappa shape index (κ2) is 13.6. The molecule has 0 saturated carbocycles. The lowest BCUT2D eigenvalue weighted by molar-refractivity contribution is -0.122. The third-order valence-corrected chi connectivity index (χ3v) is 6.13. The Labute approximate surface area is 209 Å². The maximum atomic E-state index is 12.2. The summed E-state index contributed by atoms with van der Waals surface area (Å²) in [5.74, 6) is 1.41. The number of likely N-dealkylation sites (N-methyl/N-ethyl adjacent to an activating group) is 1. The van der Waals surface area contributed by atoms with E-state index in [-0.39, 0.29) is 35.4 Å². The minimum Gasteiger partial charge on any atom is -0.357 e. The van der Waals surface area contributed by atoms with Crippen molar-refractivity contribution in [2.75, 3.05) is 39.8 Å². The maximum absolute atomic E-state index is 12.2. The number of thiazole rings is 1. The number of rotatable bonds is 8. The van der Waals surface area contributed by atoms with Crippen molar-refractivity contribution in [1.29, 1.82) is 0 Å². The molecule has 1 aliphatic rings. The Kier molecular flexibility index (Phi) is 12.3. The first-order valence-electron chi connectivity index (χ1n) is 11.2. The van der Waals surface area contributed by atoms with E-state index >= 15 is 0 Å². The van der Waals surface area contributed by atoms with Gasteiger partial charge in [-0.25, -0.2) is 4.98 Å². The molecule has 0 aromatic carbocycles. The van der Waals surface area contributed by atoms with Crippen LogP contribution in [-0.2, 0) is 17.8 Å². The molecule has 1 aromatic heterocycles. The number of hydrogen-bond donors (Lipinski definition) is 2. The first kappa shape index (κ1) is 28.1. The summed E-state index contributed by atoms with van der Waals surface area (Å²) in [5, 5.41) is 9.75. The number of aliphatic imine (C=N–C) groups is 1. The average Bonchev–Trinajstić information content (AvgIpc) is 3.12. The molecular formula is C22H41IN6OS. The summed E-state index contributed by atoms with van der Waals surface area (Å²) in [7, 11) is 1.92. The Hall–Kier alpha value is -0.940. The van der Waals surface area contributed by atoms with E-state index in [0.29, 0.717) is 12.5 Å². The topological polar surface area (TPSA) is 72.9 Å². The van der Waals surface area contributed by atoms with Crippen LogP contribution in [0.3, 0.4) is 0 Å². The quantitative estimate of drug-likeness (QED) is 0.288. The molecule has 9 heteroatoms. The molecule has 0 radical (unpaired) electrons. The van der Waals surface area contributed by atoms with Crippen molar-refractivity contribution < 1.29 is 4.79 Å². The first-order chi connectivity index (χ1) is 14.2. The third kappa shape index (κ3) is 10.5. The lowest BCUT2D eigenvalue weighted by Crippen LogP contribution is -2.49. The molecule has 31 heavy (non-hydrogen) atoms. The summed E-state index contributed by atoms with van der Waals surface area (Å²) in [5.41, 5.74) is 0.982. The Morgan fingerprint density at radius 2 is 2.00 bits per heavy atom. The minimum absolute atomic E-state index is 0. The number of nitrogens with zero attached hydrogens (tertiary/aromatic N) is 4. The monoisotopic (exact) mass is 564 g/mol. The molecule has 0 atom stereocenters. The molecule has 1 aliphatic heterocycles. The SMILES string of the molecule is CCNC(=NCC1CCN(Cc2csc(CC)n2)CC1)N(C)CC(=O)NC(C)(C)C.I. The van der Waals surface area contributed by atoms with Crippen molar-refractivity contribution in [1.82, 2.24) is 25.4 Å². The molecule has 1 aromatic rings. The van der Waals surface area contributed by atoms with Gasteiger partial charge in [0.05, 0.1) is 17.2 Å². The molecule has 7 nitrogen and oxygen atoms in total. The summed E-state index contributed by atoms with van der Waals surface area (Å²) in [6.45, 7) is 15.2. The number of nitrogens with one attached hydrogen (secondary N) is 2. The molecule has 2 rings (SSSR count). The van der Waals surface area contributed by atoms with Crippen LogP contribution >= 0.6 is 35.3 Å². The zero-order valence-electron chi connectivity index (χ0n) is 20.0. The summed E-state index contributed by atoms with van der Waals surface area (Å²) in [6.07, 6.45) is 3.33. The fourth-order valence-corrected chi connectivity index (χ4v) is 4.31. The molecule has 1 amide bonds.